The van der Waals surface area contributed by atoms with Crippen molar-refractivity contribution in [3.63, 3.8) is 0 Å². The highest BCUT2D eigenvalue weighted by Crippen LogP contribution is 2.38. The Hall–Kier alpha value is -0.730. The van der Waals surface area contributed by atoms with Gasteiger partial charge in [-0.25, -0.2) is 0 Å². The number of aryl methyl sites for hydroxylation is 1. The van der Waals surface area contributed by atoms with Gasteiger partial charge in [-0.05, 0) is 44.9 Å². The lowest BCUT2D eigenvalue weighted by Gasteiger charge is -2.23. The van der Waals surface area contributed by atoms with Crippen LogP contribution in [-0.4, -0.2) is 10.2 Å². The number of hydrogen-bond donors (Lipinski definition) is 2. The summed E-state index contributed by atoms with van der Waals surface area (Å²) in [7, 11) is 0. The molecule has 0 saturated heterocycles. The Bertz CT molecular complexity index is 338. The molecular formula is C11H15ClO2. The van der Waals surface area contributed by atoms with Crippen molar-refractivity contribution in [1.82, 2.24) is 0 Å². The van der Waals surface area contributed by atoms with Gasteiger partial charge in [0, 0.05) is 5.56 Å². The first kappa shape index (κ1) is 11.3. The first-order chi connectivity index (χ1) is 6.25. The van der Waals surface area contributed by atoms with E-state index in [-0.39, 0.29) is 10.8 Å². The Labute approximate surface area is 89.1 Å². The summed E-state index contributed by atoms with van der Waals surface area (Å²) in [6.07, 6.45) is 0. The molecule has 0 atom stereocenters. The molecule has 0 aliphatic carbocycles. The molecular weight excluding hydrogens is 200 g/mol. The monoisotopic (exact) mass is 214 g/mol. The summed E-state index contributed by atoms with van der Waals surface area (Å²) in [6, 6.07) is 1.70. The van der Waals surface area contributed by atoms with Crippen LogP contribution in [0.1, 0.15) is 30.5 Å². The van der Waals surface area contributed by atoms with Gasteiger partial charge >= 0.3 is 0 Å². The quantitative estimate of drug-likeness (QED) is 0.755. The SMILES string of the molecule is Cc1cc(Cl)c(O)c(C(C)(C)O)c1C. The van der Waals surface area contributed by atoms with E-state index in [1.54, 1.807) is 19.9 Å². The van der Waals surface area contributed by atoms with Crippen LogP contribution in [0.5, 0.6) is 5.75 Å². The highest BCUT2D eigenvalue weighted by molar-refractivity contribution is 6.32. The van der Waals surface area contributed by atoms with Gasteiger partial charge in [-0.15, -0.1) is 0 Å². The second-order valence-corrected chi connectivity index (χ2v) is 4.49. The average molecular weight is 215 g/mol. The fourth-order valence-electron chi connectivity index (χ4n) is 1.61. The summed E-state index contributed by atoms with van der Waals surface area (Å²) in [5.74, 6) is -0.0257. The van der Waals surface area contributed by atoms with Gasteiger partial charge < -0.3 is 10.2 Å². The maximum absolute atomic E-state index is 9.88. The predicted octanol–water partition coefficient (Wildman–Crippen LogP) is 2.89. The standard InChI is InChI=1S/C11H15ClO2/c1-6-5-8(12)10(13)9(7(6)2)11(3,4)14/h5,13-14H,1-4H3. The number of phenolic OH excluding ortho intramolecular Hbond substituents is 1. The van der Waals surface area contributed by atoms with Crippen LogP contribution in [0.25, 0.3) is 0 Å². The molecule has 0 saturated carbocycles. The number of hydrogen-bond acceptors (Lipinski definition) is 2. The Balaban J connectivity index is 3.56. The second-order valence-electron chi connectivity index (χ2n) is 4.08. The van der Waals surface area contributed by atoms with E-state index >= 15 is 0 Å². The molecule has 1 aromatic carbocycles. The summed E-state index contributed by atoms with van der Waals surface area (Å²) in [5, 5.41) is 19.9. The molecule has 0 aromatic heterocycles. The van der Waals surface area contributed by atoms with Crippen molar-refractivity contribution in [2.24, 2.45) is 0 Å². The lowest BCUT2D eigenvalue weighted by atomic mass is 9.90. The molecule has 0 heterocycles. The van der Waals surface area contributed by atoms with Crippen molar-refractivity contribution in [1.29, 1.82) is 0 Å². The van der Waals surface area contributed by atoms with E-state index in [1.807, 2.05) is 13.8 Å². The van der Waals surface area contributed by atoms with Gasteiger partial charge in [0.1, 0.15) is 5.75 Å². The number of rotatable bonds is 1. The van der Waals surface area contributed by atoms with Crippen LogP contribution in [0.4, 0.5) is 0 Å². The zero-order valence-electron chi connectivity index (χ0n) is 8.85. The molecule has 0 spiro atoms. The van der Waals surface area contributed by atoms with Crippen molar-refractivity contribution in [3.05, 3.63) is 27.8 Å². The third-order valence-electron chi connectivity index (χ3n) is 2.38. The molecule has 2 N–H and O–H groups in total. The normalized spacial score (nSPS) is 11.9. The maximum atomic E-state index is 9.88. The number of aromatic hydroxyl groups is 1. The van der Waals surface area contributed by atoms with E-state index in [0.29, 0.717) is 5.56 Å². The van der Waals surface area contributed by atoms with Crippen molar-refractivity contribution in [2.45, 2.75) is 33.3 Å². The highest BCUT2D eigenvalue weighted by Gasteiger charge is 2.25. The summed E-state index contributed by atoms with van der Waals surface area (Å²) >= 11 is 5.84. The van der Waals surface area contributed by atoms with E-state index in [9.17, 15) is 10.2 Å². The summed E-state index contributed by atoms with van der Waals surface area (Å²) in [6.45, 7) is 7.02. The Morgan fingerprint density at radius 3 is 2.21 bits per heavy atom. The van der Waals surface area contributed by atoms with Gasteiger partial charge in [0.15, 0.2) is 0 Å². The van der Waals surface area contributed by atoms with Crippen LogP contribution < -0.4 is 0 Å². The number of phenols is 1. The number of aliphatic hydroxyl groups is 1. The summed E-state index contributed by atoms with van der Waals surface area (Å²) < 4.78 is 0. The smallest absolute Gasteiger partial charge is 0.140 e. The van der Waals surface area contributed by atoms with E-state index < -0.39 is 5.60 Å². The van der Waals surface area contributed by atoms with Gasteiger partial charge in [-0.1, -0.05) is 11.6 Å². The van der Waals surface area contributed by atoms with Gasteiger partial charge in [0.05, 0.1) is 10.6 Å². The zero-order chi connectivity index (χ0) is 11.1. The van der Waals surface area contributed by atoms with Crippen molar-refractivity contribution in [2.75, 3.05) is 0 Å². The molecule has 3 heteroatoms. The van der Waals surface area contributed by atoms with Crippen LogP contribution >= 0.6 is 11.6 Å². The molecule has 0 radical (unpaired) electrons. The third kappa shape index (κ3) is 1.86. The lowest BCUT2D eigenvalue weighted by Crippen LogP contribution is -2.18. The van der Waals surface area contributed by atoms with Crippen LogP contribution in [0, 0.1) is 13.8 Å². The molecule has 14 heavy (non-hydrogen) atoms. The lowest BCUT2D eigenvalue weighted by molar-refractivity contribution is 0.0751. The Kier molecular flexibility index (Phi) is 2.79. The van der Waals surface area contributed by atoms with Crippen LogP contribution in [0.3, 0.4) is 0 Å². The van der Waals surface area contributed by atoms with E-state index in [1.165, 1.54) is 0 Å². The largest absolute Gasteiger partial charge is 0.506 e. The Morgan fingerprint density at radius 1 is 1.29 bits per heavy atom. The molecule has 2 nitrogen and oxygen atoms in total. The van der Waals surface area contributed by atoms with Gasteiger partial charge in [0.2, 0.25) is 0 Å². The van der Waals surface area contributed by atoms with Crippen LogP contribution in [-0.2, 0) is 5.60 Å². The molecule has 0 unspecified atom stereocenters. The number of halogens is 1. The van der Waals surface area contributed by atoms with E-state index in [2.05, 4.69) is 0 Å². The Morgan fingerprint density at radius 2 is 1.79 bits per heavy atom. The van der Waals surface area contributed by atoms with Gasteiger partial charge in [-0.3, -0.25) is 0 Å². The predicted molar refractivity (Wildman–Crippen MR) is 57.8 cm³/mol. The molecule has 0 aliphatic rings. The van der Waals surface area contributed by atoms with E-state index in [4.69, 9.17) is 11.6 Å². The second kappa shape index (κ2) is 3.44. The minimum Gasteiger partial charge on any atom is -0.506 e. The van der Waals surface area contributed by atoms with Crippen molar-refractivity contribution >= 4 is 11.6 Å². The van der Waals surface area contributed by atoms with Crippen LogP contribution in [0.2, 0.25) is 5.02 Å². The minimum atomic E-state index is -1.08. The maximum Gasteiger partial charge on any atom is 0.140 e. The first-order valence-corrected chi connectivity index (χ1v) is 4.84. The molecule has 0 bridgehead atoms. The van der Waals surface area contributed by atoms with Gasteiger partial charge in [-0.2, -0.15) is 0 Å². The van der Waals surface area contributed by atoms with Crippen LogP contribution in [0.15, 0.2) is 6.07 Å². The fourth-order valence-corrected chi connectivity index (χ4v) is 1.87. The molecule has 0 aliphatic heterocycles. The molecule has 78 valence electrons. The van der Waals surface area contributed by atoms with Gasteiger partial charge in [0.25, 0.3) is 0 Å². The molecule has 0 fully saturated rings. The van der Waals surface area contributed by atoms with Crippen molar-refractivity contribution < 1.29 is 10.2 Å². The van der Waals surface area contributed by atoms with Crippen molar-refractivity contribution in [3.8, 4) is 5.75 Å². The molecule has 1 aromatic rings. The minimum absolute atomic E-state index is 0.0257. The number of benzene rings is 1. The summed E-state index contributed by atoms with van der Waals surface area (Å²) in [4.78, 5) is 0. The summed E-state index contributed by atoms with van der Waals surface area (Å²) in [5.41, 5.74) is 1.26. The molecule has 0 amide bonds. The molecule has 1 rings (SSSR count). The highest BCUT2D eigenvalue weighted by atomic mass is 35.5. The first-order valence-electron chi connectivity index (χ1n) is 4.46. The third-order valence-corrected chi connectivity index (χ3v) is 2.67. The van der Waals surface area contributed by atoms with E-state index in [0.717, 1.165) is 11.1 Å². The zero-order valence-corrected chi connectivity index (χ0v) is 9.61. The fraction of sp³-hybridized carbons (Fsp3) is 0.455. The topological polar surface area (TPSA) is 40.5 Å². The average Bonchev–Trinajstić information content (AvgIpc) is 1.98.